The number of hydrogen-bond donors (Lipinski definition) is 1. The molecule has 0 aliphatic carbocycles. The van der Waals surface area contributed by atoms with Crippen LogP contribution in [0.2, 0.25) is 10.0 Å². The predicted molar refractivity (Wildman–Crippen MR) is 213 cm³/mol. The van der Waals surface area contributed by atoms with E-state index >= 15 is 0 Å². The molecular weight excluding hydrogens is 827 g/mol. The zero-order valence-corrected chi connectivity index (χ0v) is 32.0. The van der Waals surface area contributed by atoms with Crippen LogP contribution < -0.4 is 0 Å². The van der Waals surface area contributed by atoms with Crippen molar-refractivity contribution < 1.29 is 4.74 Å². The molecule has 1 aliphatic heterocycles. The molecule has 1 atom stereocenters. The van der Waals surface area contributed by atoms with Gasteiger partial charge in [-0.3, -0.25) is 15.1 Å². The lowest BCUT2D eigenvalue weighted by Gasteiger charge is -2.22. The number of H-pyrrole nitrogens is 1. The number of rotatable bonds is 5. The fraction of sp³-hybridized carbons (Fsp3) is 0.128. The highest BCUT2D eigenvalue weighted by Crippen LogP contribution is 2.35. The Balaban J connectivity index is 0.000000153. The molecule has 6 aromatic heterocycles. The summed E-state index contributed by atoms with van der Waals surface area (Å²) in [4.78, 5) is 18.3. The Morgan fingerprint density at radius 1 is 0.692 bits per heavy atom. The fourth-order valence-corrected chi connectivity index (χ4v) is 7.14. The number of hydrogen-bond acceptors (Lipinski definition) is 7. The summed E-state index contributed by atoms with van der Waals surface area (Å²) in [6.07, 6.45) is 10.5. The van der Waals surface area contributed by atoms with Gasteiger partial charge < -0.3 is 4.74 Å². The first-order valence-electron chi connectivity index (χ1n) is 16.5. The van der Waals surface area contributed by atoms with Crippen LogP contribution in [0.5, 0.6) is 0 Å². The molecule has 1 saturated heterocycles. The largest absolute Gasteiger partial charge is 0.357 e. The van der Waals surface area contributed by atoms with Gasteiger partial charge in [0.15, 0.2) is 0 Å². The molecule has 13 heteroatoms. The Hall–Kier alpha value is -4.52. The molecule has 0 bridgehead atoms. The summed E-state index contributed by atoms with van der Waals surface area (Å²) < 4.78 is 9.68. The Kier molecular flexibility index (Phi) is 10.1. The molecule has 0 amide bonds. The normalized spacial score (nSPS) is 14.3. The van der Waals surface area contributed by atoms with Crippen molar-refractivity contribution in [3.63, 3.8) is 0 Å². The van der Waals surface area contributed by atoms with Gasteiger partial charge in [0.25, 0.3) is 0 Å². The van der Waals surface area contributed by atoms with Crippen LogP contribution in [0.25, 0.3) is 67.1 Å². The van der Waals surface area contributed by atoms with Gasteiger partial charge in [-0.2, -0.15) is 10.2 Å². The lowest BCUT2D eigenvalue weighted by atomic mass is 10.1. The Labute approximate surface area is 325 Å². The molecule has 258 valence electrons. The first-order valence-corrected chi connectivity index (χ1v) is 18.8. The number of halogens is 4. The number of benzene rings is 2. The summed E-state index contributed by atoms with van der Waals surface area (Å²) in [5.41, 5.74) is 10.6. The quantitative estimate of drug-likeness (QED) is 0.184. The van der Waals surface area contributed by atoms with E-state index in [0.717, 1.165) is 102 Å². The van der Waals surface area contributed by atoms with E-state index in [1.54, 1.807) is 18.6 Å². The maximum absolute atomic E-state index is 6.26. The van der Waals surface area contributed by atoms with E-state index in [2.05, 4.69) is 52.0 Å². The zero-order valence-electron chi connectivity index (χ0n) is 27.3. The summed E-state index contributed by atoms with van der Waals surface area (Å²) in [7, 11) is 0. The van der Waals surface area contributed by atoms with Crippen LogP contribution in [0, 0.1) is 0 Å². The third kappa shape index (κ3) is 7.51. The molecule has 52 heavy (non-hydrogen) atoms. The molecule has 9 nitrogen and oxygen atoms in total. The molecule has 1 aliphatic rings. The second kappa shape index (κ2) is 15.2. The number of fused-ring (bicyclic) bond motifs is 2. The van der Waals surface area contributed by atoms with Crippen LogP contribution in [-0.4, -0.2) is 46.5 Å². The summed E-state index contributed by atoms with van der Waals surface area (Å²) in [5.74, 6) is 0. The standard InChI is InChI=1S/C22H18BrClN4O.C17H10BrClN4/c23-15-11-20-19(25-12-15)8-7-18(26-20)17-13-28(21-6-1-2-9-29-21)27-22(17)14-4-3-5-16(24)10-14;18-11-7-16-15(20-8-11)5-4-14(22-16)13-9-21-23-17(13)10-2-1-3-12(19)6-10/h3-5,7-8,10-13,21H,1-2,6,9H2;1-9H,(H,21,23). The van der Waals surface area contributed by atoms with E-state index in [-0.39, 0.29) is 6.23 Å². The molecular formula is C39H28Br2Cl2N8O. The molecule has 1 N–H and O–H groups in total. The Morgan fingerprint density at radius 3 is 1.96 bits per heavy atom. The first kappa shape index (κ1) is 34.6. The van der Waals surface area contributed by atoms with Gasteiger partial charge in [-0.1, -0.05) is 47.5 Å². The van der Waals surface area contributed by atoms with Gasteiger partial charge in [0.05, 0.1) is 45.3 Å². The highest BCUT2D eigenvalue weighted by molar-refractivity contribution is 9.10. The van der Waals surface area contributed by atoms with Crippen molar-refractivity contribution in [2.24, 2.45) is 0 Å². The van der Waals surface area contributed by atoms with E-state index in [4.69, 9.17) is 43.0 Å². The number of ether oxygens (including phenoxy) is 1. The SMILES string of the molecule is Clc1cccc(-c2[nH]ncc2-c2ccc3ncc(Br)cc3n2)c1.Clc1cccc(-c2nn(C3CCCCO3)cc2-c2ccc3ncc(Br)cc3n2)c1. The number of nitrogens with one attached hydrogen (secondary N) is 1. The van der Waals surface area contributed by atoms with Crippen molar-refractivity contribution in [2.45, 2.75) is 25.5 Å². The van der Waals surface area contributed by atoms with Crippen LogP contribution in [0.1, 0.15) is 25.5 Å². The van der Waals surface area contributed by atoms with Gasteiger partial charge in [0.2, 0.25) is 0 Å². The number of aromatic nitrogens is 8. The van der Waals surface area contributed by atoms with Crippen molar-refractivity contribution in [1.29, 1.82) is 0 Å². The van der Waals surface area contributed by atoms with Crippen molar-refractivity contribution in [3.8, 4) is 45.0 Å². The highest BCUT2D eigenvalue weighted by atomic mass is 79.9. The minimum atomic E-state index is -0.0494. The Morgan fingerprint density at radius 2 is 1.33 bits per heavy atom. The molecule has 0 saturated carbocycles. The molecule has 9 rings (SSSR count). The van der Waals surface area contributed by atoms with Crippen LogP contribution in [0.15, 0.2) is 119 Å². The first-order chi connectivity index (χ1) is 25.4. The fourth-order valence-electron chi connectivity index (χ4n) is 6.12. The molecule has 1 unspecified atom stereocenters. The monoisotopic (exact) mass is 852 g/mol. The van der Waals surface area contributed by atoms with Crippen LogP contribution in [-0.2, 0) is 4.74 Å². The zero-order chi connectivity index (χ0) is 35.6. The van der Waals surface area contributed by atoms with E-state index in [0.29, 0.717) is 10.0 Å². The van der Waals surface area contributed by atoms with Crippen LogP contribution >= 0.6 is 55.1 Å². The highest BCUT2D eigenvalue weighted by Gasteiger charge is 2.22. The van der Waals surface area contributed by atoms with Gasteiger partial charge in [-0.15, -0.1) is 0 Å². The lowest BCUT2D eigenvalue weighted by Crippen LogP contribution is -2.18. The van der Waals surface area contributed by atoms with E-state index in [1.807, 2.05) is 95.8 Å². The molecule has 1 fully saturated rings. The van der Waals surface area contributed by atoms with Gasteiger partial charge >= 0.3 is 0 Å². The van der Waals surface area contributed by atoms with E-state index in [9.17, 15) is 0 Å². The minimum absolute atomic E-state index is 0.0494. The summed E-state index contributed by atoms with van der Waals surface area (Å²) >= 11 is 19.3. The molecule has 2 aromatic carbocycles. The summed E-state index contributed by atoms with van der Waals surface area (Å²) in [6, 6.07) is 27.2. The molecule has 0 spiro atoms. The minimum Gasteiger partial charge on any atom is -0.357 e. The van der Waals surface area contributed by atoms with Crippen molar-refractivity contribution in [3.05, 3.63) is 129 Å². The van der Waals surface area contributed by atoms with Crippen molar-refractivity contribution >= 4 is 77.1 Å². The van der Waals surface area contributed by atoms with E-state index < -0.39 is 0 Å². The van der Waals surface area contributed by atoms with Gasteiger partial charge in [-0.25, -0.2) is 14.6 Å². The topological polar surface area (TPSA) is 107 Å². The number of aromatic amines is 1. The maximum atomic E-state index is 6.26. The number of nitrogens with zero attached hydrogens (tertiary/aromatic N) is 7. The number of pyridine rings is 4. The van der Waals surface area contributed by atoms with Gasteiger partial charge in [-0.05, 0) is 112 Å². The summed E-state index contributed by atoms with van der Waals surface area (Å²) in [5, 5.41) is 13.5. The molecule has 7 heterocycles. The van der Waals surface area contributed by atoms with Crippen LogP contribution in [0.4, 0.5) is 0 Å². The average molecular weight is 855 g/mol. The van der Waals surface area contributed by atoms with Crippen molar-refractivity contribution in [2.75, 3.05) is 6.61 Å². The van der Waals surface area contributed by atoms with Gasteiger partial charge in [0.1, 0.15) is 11.9 Å². The smallest absolute Gasteiger partial charge is 0.150 e. The molecule has 8 aromatic rings. The maximum Gasteiger partial charge on any atom is 0.150 e. The third-order valence-corrected chi connectivity index (χ3v) is 9.93. The van der Waals surface area contributed by atoms with E-state index in [1.165, 1.54) is 0 Å². The van der Waals surface area contributed by atoms with Gasteiger partial charge in [0, 0.05) is 66.4 Å². The average Bonchev–Trinajstić information content (AvgIpc) is 3.84. The third-order valence-electron chi connectivity index (χ3n) is 8.59. The molecule has 0 radical (unpaired) electrons. The van der Waals surface area contributed by atoms with Crippen LogP contribution in [0.3, 0.4) is 0 Å². The lowest BCUT2D eigenvalue weighted by molar-refractivity contribution is -0.0393. The predicted octanol–water partition coefficient (Wildman–Crippen LogP) is 11.4. The second-order valence-corrected chi connectivity index (χ2v) is 14.9. The van der Waals surface area contributed by atoms with Crippen molar-refractivity contribution in [1.82, 2.24) is 39.9 Å². The second-order valence-electron chi connectivity index (χ2n) is 12.1. The Bertz CT molecular complexity index is 2550. The summed E-state index contributed by atoms with van der Waals surface area (Å²) in [6.45, 7) is 0.764.